The van der Waals surface area contributed by atoms with E-state index < -0.39 is 0 Å². The fourth-order valence-corrected chi connectivity index (χ4v) is 11.9. The van der Waals surface area contributed by atoms with E-state index in [0.717, 1.165) is 132 Å². The van der Waals surface area contributed by atoms with E-state index >= 15 is 0 Å². The molecule has 5 heterocycles. The van der Waals surface area contributed by atoms with E-state index in [1.165, 1.54) is 0 Å². The summed E-state index contributed by atoms with van der Waals surface area (Å²) in [4.78, 5) is 17.8. The van der Waals surface area contributed by atoms with Crippen LogP contribution in [0.4, 0.5) is 0 Å². The van der Waals surface area contributed by atoms with Crippen molar-refractivity contribution in [1.82, 2.24) is 24.0 Å². The monoisotopic (exact) mass is 981 g/mol. The first-order chi connectivity index (χ1) is 36.9. The highest BCUT2D eigenvalue weighted by Crippen LogP contribution is 2.51. The third kappa shape index (κ3) is 6.75. The highest BCUT2D eigenvalue weighted by atomic mass is 35.5. The Labute approximate surface area is 438 Å². The molecule has 10 aromatic carbocycles. The Hall–Kier alpha value is -9.41. The van der Waals surface area contributed by atoms with Crippen LogP contribution < -0.4 is 4.57 Å². The van der Waals surface area contributed by atoms with Crippen molar-refractivity contribution >= 4 is 76.6 Å². The first kappa shape index (κ1) is 44.3. The molecule has 0 fully saturated rings. The van der Waals surface area contributed by atoms with E-state index in [0.29, 0.717) is 28.1 Å². The molecule has 0 radical (unpaired) electrons. The zero-order valence-electron chi connectivity index (χ0n) is 41.7. The number of terminal acetylenes is 1. The lowest BCUT2D eigenvalue weighted by molar-refractivity contribution is -0.560. The smallest absolute Gasteiger partial charge is 0.246 e. The van der Waals surface area contributed by atoms with Crippen LogP contribution in [-0.2, 0) is 0 Å². The van der Waals surface area contributed by atoms with E-state index in [1.54, 1.807) is 0 Å². The van der Waals surface area contributed by atoms with E-state index in [-0.39, 0.29) is 0 Å². The Morgan fingerprint density at radius 3 is 1.53 bits per heavy atom. The number of aromatic nitrogens is 6. The van der Waals surface area contributed by atoms with Crippen LogP contribution >= 0.6 is 11.6 Å². The first-order valence-corrected chi connectivity index (χ1v) is 25.9. The molecule has 15 rings (SSSR count). The van der Waals surface area contributed by atoms with Gasteiger partial charge in [0.25, 0.3) is 11.6 Å². The molecular formula is C68H46ClN6+. The summed E-state index contributed by atoms with van der Waals surface area (Å²) in [7, 11) is 0. The molecule has 75 heavy (non-hydrogen) atoms. The van der Waals surface area contributed by atoms with Crippen LogP contribution in [0.5, 0.6) is 0 Å². The molecule has 3 aliphatic rings. The van der Waals surface area contributed by atoms with Crippen molar-refractivity contribution in [2.24, 2.45) is 0 Å². The predicted molar refractivity (Wildman–Crippen MR) is 311 cm³/mol. The number of aryl methyl sites for hydroxylation is 2. The lowest BCUT2D eigenvalue weighted by atomic mass is 9.90. The summed E-state index contributed by atoms with van der Waals surface area (Å²) in [5.41, 5.74) is 13.9. The third-order valence-electron chi connectivity index (χ3n) is 14.9. The standard InChI is InChI=1S/C66H40ClN6.C2H6/c1-4-71-64-56-36-46-22-11-12-23-47(46)37-57(56)65(71)70-66-55-35-45-21-10-9-20-44(45)34-54(55)63-59(49-25-14-26-51(67)31-49)61-53-33-43-19-8-7-18-42(43)32-52(53)60(69-61)58(48-24-13-15-38(2)29-48)62(72(73(63)66)39(3)68-64)50-28-27-40-16-5-6-17-41(40)30-50;1-2/h1,5-37H,2-3H3;1-2H3/q+1;. The van der Waals surface area contributed by atoms with Gasteiger partial charge in [-0.1, -0.05) is 193 Å². The third-order valence-corrected chi connectivity index (χ3v) is 15.2. The van der Waals surface area contributed by atoms with Gasteiger partial charge in [0, 0.05) is 50.5 Å². The van der Waals surface area contributed by atoms with Crippen LogP contribution in [0.1, 0.15) is 25.2 Å². The predicted octanol–water partition coefficient (Wildman–Crippen LogP) is 17.1. The van der Waals surface area contributed by atoms with Crippen LogP contribution in [0.15, 0.2) is 200 Å². The van der Waals surface area contributed by atoms with Gasteiger partial charge in [0.1, 0.15) is 0 Å². The molecule has 0 aliphatic carbocycles. The van der Waals surface area contributed by atoms with Gasteiger partial charge in [0.05, 0.1) is 39.8 Å². The van der Waals surface area contributed by atoms with Crippen molar-refractivity contribution in [2.75, 3.05) is 0 Å². The number of fused-ring (bicyclic) bond motifs is 12. The topological polar surface area (TPSA) is 51.4 Å². The van der Waals surface area contributed by atoms with Crippen molar-refractivity contribution in [2.45, 2.75) is 27.7 Å². The Morgan fingerprint density at radius 1 is 0.440 bits per heavy atom. The van der Waals surface area contributed by atoms with Gasteiger partial charge >= 0.3 is 0 Å². The van der Waals surface area contributed by atoms with Crippen molar-refractivity contribution in [1.29, 1.82) is 0 Å². The van der Waals surface area contributed by atoms with Gasteiger partial charge < -0.3 is 0 Å². The van der Waals surface area contributed by atoms with Gasteiger partial charge in [-0.3, -0.25) is 0 Å². The lowest BCUT2D eigenvalue weighted by Crippen LogP contribution is -2.30. The Kier molecular flexibility index (Phi) is 10.1. The zero-order chi connectivity index (χ0) is 50.6. The summed E-state index contributed by atoms with van der Waals surface area (Å²) < 4.78 is 6.45. The fraction of sp³-hybridized carbons (Fsp3) is 0.0588. The molecule has 0 saturated carbocycles. The molecule has 0 unspecified atom stereocenters. The number of halogens is 1. The second-order valence-corrected chi connectivity index (χ2v) is 19.7. The SMILES string of the molecule is C#C[n+]1c2nc(C)n3c(-c4ccc5ccccc5c4)c(-c4cccc(C)c4)c4nc(c(-c5cccc(Cl)c5)c5c6cc7ccccc7cc6c(nc1-c1cc6ccccc6cc1-2)n53)-c1cc2ccccc2cc1-4.CC. The summed E-state index contributed by atoms with van der Waals surface area (Å²) in [5.74, 6) is 1.91. The maximum atomic E-state index is 7.12. The van der Waals surface area contributed by atoms with Gasteiger partial charge in [0.15, 0.2) is 0 Å². The summed E-state index contributed by atoms with van der Waals surface area (Å²) >= 11 is 7.12. The summed E-state index contributed by atoms with van der Waals surface area (Å²) in [6.45, 7) is 8.25. The molecule has 2 aromatic heterocycles. The molecule has 0 atom stereocenters. The first-order valence-electron chi connectivity index (χ1n) is 25.5. The Balaban J connectivity index is 0.00000255. The molecule has 6 nitrogen and oxygen atoms in total. The van der Waals surface area contributed by atoms with Crippen LogP contribution in [0.2, 0.25) is 5.02 Å². The summed E-state index contributed by atoms with van der Waals surface area (Å²) in [6, 6.07) is 74.5. The highest BCUT2D eigenvalue weighted by Gasteiger charge is 2.35. The summed E-state index contributed by atoms with van der Waals surface area (Å²) in [5, 5.41) is 11.4. The lowest BCUT2D eigenvalue weighted by Gasteiger charge is -2.18. The number of nitrogens with zero attached hydrogens (tertiary/aromatic N) is 6. The Morgan fingerprint density at radius 2 is 0.947 bits per heavy atom. The van der Waals surface area contributed by atoms with Crippen molar-refractivity contribution in [3.63, 3.8) is 0 Å². The zero-order valence-corrected chi connectivity index (χ0v) is 42.4. The second kappa shape index (κ2) is 17.1. The molecule has 0 spiro atoms. The average Bonchev–Trinajstić information content (AvgIpc) is 4.21. The van der Waals surface area contributed by atoms with E-state index in [2.05, 4.69) is 217 Å². The van der Waals surface area contributed by atoms with Crippen molar-refractivity contribution in [3.05, 3.63) is 217 Å². The van der Waals surface area contributed by atoms with Crippen molar-refractivity contribution in [3.8, 4) is 91.3 Å². The van der Waals surface area contributed by atoms with E-state index in [1.807, 2.05) is 30.5 Å². The van der Waals surface area contributed by atoms with Gasteiger partial charge in [0.2, 0.25) is 11.5 Å². The number of hydrogen-bond acceptors (Lipinski definition) is 3. The van der Waals surface area contributed by atoms with E-state index in [9.17, 15) is 0 Å². The minimum Gasteiger partial charge on any atom is -0.246 e. The number of rotatable bonds is 3. The molecule has 354 valence electrons. The van der Waals surface area contributed by atoms with Gasteiger partial charge in [-0.2, -0.15) is 0 Å². The normalized spacial score (nSPS) is 11.8. The molecular weight excluding hydrogens is 936 g/mol. The number of benzene rings is 10. The average molecular weight is 983 g/mol. The molecule has 0 saturated heterocycles. The quantitative estimate of drug-likeness (QED) is 0.131. The largest absolute Gasteiger partial charge is 0.286 e. The van der Waals surface area contributed by atoms with Crippen LogP contribution in [-0.4, -0.2) is 24.0 Å². The minimum atomic E-state index is 0.616. The van der Waals surface area contributed by atoms with Gasteiger partial charge in [-0.25, -0.2) is 14.0 Å². The molecule has 0 N–H and O–H groups in total. The molecule has 0 amide bonds. The maximum Gasteiger partial charge on any atom is 0.286 e. The second-order valence-electron chi connectivity index (χ2n) is 19.3. The van der Waals surface area contributed by atoms with Gasteiger partial charge in [-0.15, -0.1) is 4.57 Å². The summed E-state index contributed by atoms with van der Waals surface area (Å²) in [6.07, 6.45) is 6.68. The van der Waals surface area contributed by atoms with Gasteiger partial charge in [-0.05, 0) is 116 Å². The minimum absolute atomic E-state index is 0.616. The van der Waals surface area contributed by atoms with Crippen LogP contribution in [0.3, 0.4) is 0 Å². The molecule has 7 heteroatoms. The van der Waals surface area contributed by atoms with Crippen LogP contribution in [0, 0.1) is 26.3 Å². The maximum absolute atomic E-state index is 7.12. The molecule has 4 bridgehead atoms. The van der Waals surface area contributed by atoms with E-state index in [4.69, 9.17) is 33.0 Å². The fourth-order valence-electron chi connectivity index (χ4n) is 11.7. The van der Waals surface area contributed by atoms with Crippen LogP contribution in [0.25, 0.3) is 144 Å². The van der Waals surface area contributed by atoms with Crippen molar-refractivity contribution < 1.29 is 4.57 Å². The molecule has 3 aliphatic heterocycles. The Bertz CT molecular complexity index is 4800. The molecule has 12 aromatic rings. The number of hydrogen-bond donors (Lipinski definition) is 0. The highest BCUT2D eigenvalue weighted by molar-refractivity contribution is 6.31.